The molecule has 2 unspecified atom stereocenters. The van der Waals surface area contributed by atoms with Crippen molar-refractivity contribution in [3.05, 3.63) is 24.2 Å². The molecule has 8 nitrogen and oxygen atoms in total. The first-order valence-electron chi connectivity index (χ1n) is 12.1. The van der Waals surface area contributed by atoms with Crippen LogP contribution in [0.1, 0.15) is 65.2 Å². The van der Waals surface area contributed by atoms with Crippen LogP contribution in [0.2, 0.25) is 0 Å². The van der Waals surface area contributed by atoms with Crippen LogP contribution >= 0.6 is 24.0 Å². The van der Waals surface area contributed by atoms with Crippen LogP contribution in [0.5, 0.6) is 0 Å². The van der Waals surface area contributed by atoms with E-state index in [9.17, 15) is 4.79 Å². The molecule has 33 heavy (non-hydrogen) atoms. The standard InChI is InChI=1S/C24H41N5O3.HI/c1-5-25-22(27-17-20(21-11-9-15-31-21)28-12-6-7-13-28)26-16-19-10-8-14-29(18-19)23(30)32-24(2,3)4;/h9,11,15,19-20H,5-8,10,12-14,16-18H2,1-4H3,(H2,25,26,27);1H. The maximum atomic E-state index is 12.4. The number of hydrogen-bond donors (Lipinski definition) is 2. The van der Waals surface area contributed by atoms with Crippen LogP contribution in [0.4, 0.5) is 4.79 Å². The molecular weight excluding hydrogens is 533 g/mol. The van der Waals surface area contributed by atoms with Crippen LogP contribution in [-0.2, 0) is 4.74 Å². The van der Waals surface area contributed by atoms with Crippen molar-refractivity contribution in [2.24, 2.45) is 10.9 Å². The lowest BCUT2D eigenvalue weighted by Crippen LogP contribution is -2.47. The van der Waals surface area contributed by atoms with Gasteiger partial charge in [-0.1, -0.05) is 0 Å². The highest BCUT2D eigenvalue weighted by Gasteiger charge is 2.28. The van der Waals surface area contributed by atoms with E-state index in [0.29, 0.717) is 19.0 Å². The summed E-state index contributed by atoms with van der Waals surface area (Å²) in [4.78, 5) is 21.6. The summed E-state index contributed by atoms with van der Waals surface area (Å²) >= 11 is 0. The number of amides is 1. The number of hydrogen-bond acceptors (Lipinski definition) is 5. The van der Waals surface area contributed by atoms with Gasteiger partial charge in [-0.2, -0.15) is 0 Å². The molecule has 9 heteroatoms. The highest BCUT2D eigenvalue weighted by Crippen LogP contribution is 2.26. The molecule has 0 radical (unpaired) electrons. The van der Waals surface area contributed by atoms with E-state index < -0.39 is 5.60 Å². The molecule has 188 valence electrons. The second kappa shape index (κ2) is 13.4. The average molecular weight is 576 g/mol. The van der Waals surface area contributed by atoms with Crippen LogP contribution in [0.25, 0.3) is 0 Å². The van der Waals surface area contributed by atoms with Gasteiger partial charge in [0.15, 0.2) is 5.96 Å². The Kier molecular flexibility index (Phi) is 11.3. The minimum atomic E-state index is -0.465. The third-order valence-corrected chi connectivity index (χ3v) is 5.95. The maximum absolute atomic E-state index is 12.4. The summed E-state index contributed by atoms with van der Waals surface area (Å²) in [7, 11) is 0. The molecular formula is C24H42IN5O3. The van der Waals surface area contributed by atoms with Gasteiger partial charge in [0.1, 0.15) is 11.4 Å². The number of guanidine groups is 1. The number of carbonyl (C=O) groups excluding carboxylic acids is 1. The fraction of sp³-hybridized carbons (Fsp3) is 0.750. The number of likely N-dealkylation sites (tertiary alicyclic amines) is 2. The van der Waals surface area contributed by atoms with Crippen LogP contribution in [-0.4, -0.2) is 73.3 Å². The fourth-order valence-electron chi connectivity index (χ4n) is 4.40. The molecule has 3 heterocycles. The maximum Gasteiger partial charge on any atom is 0.410 e. The number of aliphatic imine (C=N–C) groups is 1. The molecule has 2 aliphatic rings. The zero-order valence-corrected chi connectivity index (χ0v) is 23.0. The summed E-state index contributed by atoms with van der Waals surface area (Å²) in [5.74, 6) is 2.17. The summed E-state index contributed by atoms with van der Waals surface area (Å²) in [6.45, 7) is 13.7. The van der Waals surface area contributed by atoms with E-state index in [1.54, 1.807) is 6.26 Å². The largest absolute Gasteiger partial charge is 0.468 e. The van der Waals surface area contributed by atoms with Crippen molar-refractivity contribution in [1.82, 2.24) is 20.4 Å². The molecule has 2 fully saturated rings. The van der Waals surface area contributed by atoms with E-state index in [-0.39, 0.29) is 36.1 Å². The van der Waals surface area contributed by atoms with E-state index in [4.69, 9.17) is 14.1 Å². The van der Waals surface area contributed by atoms with Crippen LogP contribution in [0.3, 0.4) is 0 Å². The van der Waals surface area contributed by atoms with Crippen molar-refractivity contribution in [2.45, 2.75) is 65.0 Å². The summed E-state index contributed by atoms with van der Waals surface area (Å²) in [6.07, 6.45) is 6.08. The summed E-state index contributed by atoms with van der Waals surface area (Å²) in [6, 6.07) is 4.16. The Hall–Kier alpha value is -1.49. The average Bonchev–Trinajstić information content (AvgIpc) is 3.46. The van der Waals surface area contributed by atoms with Crippen molar-refractivity contribution in [1.29, 1.82) is 0 Å². The lowest BCUT2D eigenvalue weighted by Gasteiger charge is -2.34. The second-order valence-electron chi connectivity index (χ2n) is 9.81. The van der Waals surface area contributed by atoms with Crippen molar-refractivity contribution in [2.75, 3.05) is 45.8 Å². The van der Waals surface area contributed by atoms with Gasteiger partial charge in [-0.05, 0) is 84.5 Å². The minimum Gasteiger partial charge on any atom is -0.468 e. The highest BCUT2D eigenvalue weighted by molar-refractivity contribution is 14.0. The lowest BCUT2D eigenvalue weighted by molar-refractivity contribution is 0.0168. The van der Waals surface area contributed by atoms with Gasteiger partial charge in [0.2, 0.25) is 0 Å². The quantitative estimate of drug-likeness (QED) is 0.288. The molecule has 0 saturated carbocycles. The molecule has 1 aromatic rings. The number of rotatable bonds is 7. The Morgan fingerprint density at radius 2 is 2.00 bits per heavy atom. The number of piperidine rings is 1. The van der Waals surface area contributed by atoms with Gasteiger partial charge in [0, 0.05) is 26.2 Å². The first kappa shape index (κ1) is 27.8. The van der Waals surface area contributed by atoms with Crippen molar-refractivity contribution < 1.29 is 13.9 Å². The molecule has 0 aromatic carbocycles. The predicted octanol–water partition coefficient (Wildman–Crippen LogP) is 4.24. The number of nitrogens with one attached hydrogen (secondary N) is 2. The number of carbonyl (C=O) groups is 1. The molecule has 3 rings (SSSR count). The molecule has 1 amide bonds. The van der Waals surface area contributed by atoms with Crippen LogP contribution in [0, 0.1) is 5.92 Å². The Morgan fingerprint density at radius 1 is 1.24 bits per heavy atom. The number of halogens is 1. The molecule has 0 spiro atoms. The van der Waals surface area contributed by atoms with Gasteiger partial charge in [0.05, 0.1) is 18.8 Å². The molecule has 2 aliphatic heterocycles. The van der Waals surface area contributed by atoms with E-state index in [1.807, 2.05) is 37.8 Å². The molecule has 0 aliphatic carbocycles. The minimum absolute atomic E-state index is 0. The van der Waals surface area contributed by atoms with Gasteiger partial charge in [-0.3, -0.25) is 9.89 Å². The third kappa shape index (κ3) is 8.99. The molecule has 2 saturated heterocycles. The monoisotopic (exact) mass is 575 g/mol. The van der Waals surface area contributed by atoms with E-state index >= 15 is 0 Å². The normalized spacial score (nSPS) is 20.8. The Morgan fingerprint density at radius 3 is 2.64 bits per heavy atom. The van der Waals surface area contributed by atoms with E-state index in [0.717, 1.165) is 57.3 Å². The van der Waals surface area contributed by atoms with Gasteiger partial charge >= 0.3 is 6.09 Å². The molecule has 1 aromatic heterocycles. The van der Waals surface area contributed by atoms with Crippen LogP contribution < -0.4 is 10.6 Å². The third-order valence-electron chi connectivity index (χ3n) is 5.95. The van der Waals surface area contributed by atoms with Crippen molar-refractivity contribution in [3.63, 3.8) is 0 Å². The van der Waals surface area contributed by atoms with Crippen molar-refractivity contribution >= 4 is 36.0 Å². The lowest BCUT2D eigenvalue weighted by atomic mass is 9.98. The van der Waals surface area contributed by atoms with Gasteiger partial charge in [0.25, 0.3) is 0 Å². The number of nitrogens with zero attached hydrogens (tertiary/aromatic N) is 3. The van der Waals surface area contributed by atoms with Crippen molar-refractivity contribution in [3.8, 4) is 0 Å². The molecule has 2 N–H and O–H groups in total. The molecule has 2 atom stereocenters. The smallest absolute Gasteiger partial charge is 0.410 e. The highest BCUT2D eigenvalue weighted by atomic mass is 127. The molecule has 0 bridgehead atoms. The van der Waals surface area contributed by atoms with Gasteiger partial charge < -0.3 is 24.7 Å². The second-order valence-corrected chi connectivity index (χ2v) is 9.81. The zero-order chi connectivity index (χ0) is 23.0. The topological polar surface area (TPSA) is 82.3 Å². The number of ether oxygens (including phenoxy) is 1. The van der Waals surface area contributed by atoms with Crippen LogP contribution in [0.15, 0.2) is 27.8 Å². The Balaban J connectivity index is 0.00000385. The SMILES string of the molecule is CCNC(=NCC(c1ccco1)N1CCCC1)NCC1CCCN(C(=O)OC(C)(C)C)C1.I. The Bertz CT molecular complexity index is 729. The summed E-state index contributed by atoms with van der Waals surface area (Å²) < 4.78 is 11.3. The zero-order valence-electron chi connectivity index (χ0n) is 20.6. The number of furan rings is 1. The summed E-state index contributed by atoms with van der Waals surface area (Å²) in [5.41, 5.74) is -0.465. The Labute approximate surface area is 215 Å². The predicted molar refractivity (Wildman–Crippen MR) is 142 cm³/mol. The van der Waals surface area contributed by atoms with E-state index in [1.165, 1.54) is 12.8 Å². The van der Waals surface area contributed by atoms with Gasteiger partial charge in [-0.15, -0.1) is 24.0 Å². The first-order valence-corrected chi connectivity index (χ1v) is 12.1. The fourth-order valence-corrected chi connectivity index (χ4v) is 4.40. The first-order chi connectivity index (χ1) is 15.4. The van der Waals surface area contributed by atoms with Gasteiger partial charge in [-0.25, -0.2) is 4.79 Å². The van der Waals surface area contributed by atoms with E-state index in [2.05, 4.69) is 22.5 Å². The summed E-state index contributed by atoms with van der Waals surface area (Å²) in [5, 5.41) is 6.86.